The predicted molar refractivity (Wildman–Crippen MR) is 213 cm³/mol. The summed E-state index contributed by atoms with van der Waals surface area (Å²) in [7, 11) is 8.92. The maximum atomic E-state index is 13.3. The molecule has 0 saturated carbocycles. The number of nitrogens with zero attached hydrogens (tertiary/aromatic N) is 2. The molecule has 3 heterocycles. The average Bonchev–Trinajstić information content (AvgIpc) is 3.08. The second-order valence-corrected chi connectivity index (χ2v) is 17.8. The molecule has 16 atom stereocenters. The molecule has 16 nitrogen and oxygen atoms in total. The van der Waals surface area contributed by atoms with Crippen molar-refractivity contribution in [3.8, 4) is 0 Å². The molecule has 0 aromatic heterocycles. The van der Waals surface area contributed by atoms with Gasteiger partial charge in [0.25, 0.3) is 0 Å². The predicted octanol–water partition coefficient (Wildman–Crippen LogP) is 2.82. The number of hydrogen-bond acceptors (Lipinski definition) is 16. The number of esters is 3. The Kier molecular flexibility index (Phi) is 19.5. The van der Waals surface area contributed by atoms with Gasteiger partial charge in [0.2, 0.25) is 0 Å². The van der Waals surface area contributed by atoms with E-state index in [4.69, 9.17) is 37.9 Å². The molecule has 2 fully saturated rings. The minimum Gasteiger partial charge on any atom is -0.462 e. The molecule has 0 aromatic carbocycles. The molecule has 0 amide bonds. The molecule has 2 saturated heterocycles. The second-order valence-electron chi connectivity index (χ2n) is 17.8. The summed E-state index contributed by atoms with van der Waals surface area (Å²) in [6.45, 7) is 14.5. The number of ether oxygens (including phenoxy) is 8. The van der Waals surface area contributed by atoms with Crippen molar-refractivity contribution >= 4 is 17.9 Å². The Labute approximate surface area is 345 Å². The first kappa shape index (κ1) is 50.1. The first-order chi connectivity index (χ1) is 27.0. The SMILES string of the molecule is CO[C@@H]1C(O[C@@H]2O[C@H](C)[C@@H](O[C@H]3C[C@@](C)(O)[C@@H](OC(=O)CC(C)C)[C@H](C)O3)[C@H](N(C)C)[C@H]2O)[C@@H](CCN(C)C)C[C@@H](C)[C@@H](O)/C=C/C[C@@H](C)OC(=O)C[C@H]1OC(C)=O. The van der Waals surface area contributed by atoms with Crippen LogP contribution in [0.3, 0.4) is 0 Å². The van der Waals surface area contributed by atoms with Crippen molar-refractivity contribution in [3.63, 3.8) is 0 Å². The van der Waals surface area contributed by atoms with Crippen LogP contribution in [0.2, 0.25) is 0 Å². The maximum absolute atomic E-state index is 13.3. The fourth-order valence-electron chi connectivity index (χ4n) is 8.31. The number of methoxy groups -OCH3 is 1. The molecule has 0 aromatic rings. The normalized spacial score (nSPS) is 40.2. The van der Waals surface area contributed by atoms with Gasteiger partial charge in [-0.1, -0.05) is 32.9 Å². The molecule has 3 N–H and O–H groups in total. The van der Waals surface area contributed by atoms with Gasteiger partial charge in [-0.25, -0.2) is 0 Å². The molecule has 3 aliphatic rings. The van der Waals surface area contributed by atoms with Gasteiger partial charge < -0.3 is 63.0 Å². The minimum absolute atomic E-state index is 0.0144. The van der Waals surface area contributed by atoms with Gasteiger partial charge in [-0.05, 0) is 93.0 Å². The Balaban J connectivity index is 1.99. The van der Waals surface area contributed by atoms with Crippen molar-refractivity contribution in [1.82, 2.24) is 9.80 Å². The van der Waals surface area contributed by atoms with E-state index in [1.807, 2.05) is 39.8 Å². The summed E-state index contributed by atoms with van der Waals surface area (Å²) < 4.78 is 49.2. The van der Waals surface area contributed by atoms with E-state index >= 15 is 0 Å². The van der Waals surface area contributed by atoms with Gasteiger partial charge >= 0.3 is 17.9 Å². The monoisotopic (exact) mass is 831 g/mol. The second kappa shape index (κ2) is 22.6. The van der Waals surface area contributed by atoms with Crippen LogP contribution in [0.1, 0.15) is 93.9 Å². The van der Waals surface area contributed by atoms with Gasteiger partial charge in [-0.2, -0.15) is 0 Å². The summed E-state index contributed by atoms with van der Waals surface area (Å²) in [6, 6.07) is -0.717. The van der Waals surface area contributed by atoms with Gasteiger partial charge in [-0.15, -0.1) is 0 Å². The van der Waals surface area contributed by atoms with E-state index in [9.17, 15) is 29.7 Å². The van der Waals surface area contributed by atoms with Crippen molar-refractivity contribution in [2.45, 2.75) is 179 Å². The highest BCUT2D eigenvalue weighted by molar-refractivity contribution is 5.72. The molecule has 0 bridgehead atoms. The molecular weight excluding hydrogens is 756 g/mol. The lowest BCUT2D eigenvalue weighted by Gasteiger charge is -2.50. The third-order valence-electron chi connectivity index (χ3n) is 11.2. The van der Waals surface area contributed by atoms with Crippen molar-refractivity contribution in [1.29, 1.82) is 0 Å². The van der Waals surface area contributed by atoms with Crippen LogP contribution < -0.4 is 0 Å². The number of carbonyl (C=O) groups excluding carboxylic acids is 3. The van der Waals surface area contributed by atoms with Gasteiger partial charge in [0.05, 0.1) is 36.9 Å². The lowest BCUT2D eigenvalue weighted by Crippen LogP contribution is -2.66. The summed E-state index contributed by atoms with van der Waals surface area (Å²) in [5.74, 6) is -2.17. The van der Waals surface area contributed by atoms with Crippen LogP contribution >= 0.6 is 0 Å². The minimum atomic E-state index is -1.47. The van der Waals surface area contributed by atoms with Crippen LogP contribution in [-0.2, 0) is 52.3 Å². The molecule has 336 valence electrons. The largest absolute Gasteiger partial charge is 0.462 e. The number of carbonyl (C=O) groups is 3. The molecule has 3 aliphatic heterocycles. The van der Waals surface area contributed by atoms with Crippen LogP contribution in [-0.4, -0.2) is 170 Å². The highest BCUT2D eigenvalue weighted by Crippen LogP contribution is 2.38. The zero-order valence-corrected chi connectivity index (χ0v) is 37.1. The number of aliphatic hydroxyl groups excluding tert-OH is 2. The highest BCUT2D eigenvalue weighted by atomic mass is 16.7. The van der Waals surface area contributed by atoms with Crippen molar-refractivity contribution in [2.24, 2.45) is 17.8 Å². The summed E-state index contributed by atoms with van der Waals surface area (Å²) >= 11 is 0. The smallest absolute Gasteiger partial charge is 0.309 e. The molecule has 0 aliphatic carbocycles. The fourth-order valence-corrected chi connectivity index (χ4v) is 8.31. The number of likely N-dealkylation sites (N-methyl/N-ethyl adjacent to an activating group) is 1. The molecule has 0 radical (unpaired) electrons. The third kappa shape index (κ3) is 14.4. The van der Waals surface area contributed by atoms with Crippen LogP contribution in [0.5, 0.6) is 0 Å². The number of aliphatic hydroxyl groups is 3. The molecule has 0 spiro atoms. The Morgan fingerprint density at radius 1 is 0.983 bits per heavy atom. The van der Waals surface area contributed by atoms with Crippen molar-refractivity contribution in [2.75, 3.05) is 41.8 Å². The van der Waals surface area contributed by atoms with E-state index in [1.54, 1.807) is 58.8 Å². The van der Waals surface area contributed by atoms with E-state index < -0.39 is 103 Å². The van der Waals surface area contributed by atoms with E-state index in [-0.39, 0.29) is 37.0 Å². The molecule has 3 rings (SSSR count). The first-order valence-corrected chi connectivity index (χ1v) is 20.8. The standard InChI is InChI=1S/C42H74N2O14/c1-23(2)19-32(47)56-40-27(6)53-34(22-42(40,8)50)57-37-26(5)54-41(36(49)35(37)44(11)12)58-38-29(17-18-43(9)10)20-24(3)30(46)16-14-15-25(4)52-33(48)21-31(39(38)51-13)55-28(7)45/h14,16,23-27,29-31,34-41,46,49-50H,15,17-22H2,1-13H3/b16-14+/t24-,25-,26-,27+,29+,30+,31-,34+,35-,36-,37-,38?,39+,40+,41+,42-/m1/s1. The number of rotatable bonds is 13. The Bertz CT molecular complexity index is 1330. The molecule has 58 heavy (non-hydrogen) atoms. The molecular formula is C42H74N2O14. The Morgan fingerprint density at radius 3 is 2.22 bits per heavy atom. The zero-order chi connectivity index (χ0) is 43.6. The van der Waals surface area contributed by atoms with Crippen LogP contribution in [0.4, 0.5) is 0 Å². The van der Waals surface area contributed by atoms with E-state index in [1.165, 1.54) is 14.0 Å². The zero-order valence-electron chi connectivity index (χ0n) is 37.1. The van der Waals surface area contributed by atoms with Gasteiger partial charge in [0.1, 0.15) is 36.1 Å². The fraction of sp³-hybridized carbons (Fsp3) is 0.881. The van der Waals surface area contributed by atoms with E-state index in [0.29, 0.717) is 25.8 Å². The van der Waals surface area contributed by atoms with Gasteiger partial charge in [-0.3, -0.25) is 14.4 Å². The number of hydrogen-bond donors (Lipinski definition) is 3. The van der Waals surface area contributed by atoms with Crippen LogP contribution in [0, 0.1) is 17.8 Å². The highest BCUT2D eigenvalue weighted by Gasteiger charge is 2.53. The lowest BCUT2D eigenvalue weighted by atomic mass is 9.82. The maximum Gasteiger partial charge on any atom is 0.309 e. The number of cyclic esters (lactones) is 1. The lowest BCUT2D eigenvalue weighted by molar-refractivity contribution is -0.344. The van der Waals surface area contributed by atoms with Crippen LogP contribution in [0.25, 0.3) is 0 Å². The quantitative estimate of drug-likeness (QED) is 0.139. The summed E-state index contributed by atoms with van der Waals surface area (Å²) in [5.41, 5.74) is -1.47. The Hall–Kier alpha value is -2.25. The third-order valence-corrected chi connectivity index (χ3v) is 11.2. The molecule has 1 unspecified atom stereocenters. The van der Waals surface area contributed by atoms with Crippen LogP contribution in [0.15, 0.2) is 12.2 Å². The Morgan fingerprint density at radius 2 is 1.66 bits per heavy atom. The average molecular weight is 831 g/mol. The summed E-state index contributed by atoms with van der Waals surface area (Å²) in [6.07, 6.45) is -6.22. The van der Waals surface area contributed by atoms with E-state index in [0.717, 1.165) is 0 Å². The van der Waals surface area contributed by atoms with Crippen molar-refractivity contribution < 1.29 is 67.6 Å². The summed E-state index contributed by atoms with van der Waals surface area (Å²) in [5, 5.41) is 34.9. The molecule has 16 heteroatoms. The van der Waals surface area contributed by atoms with Gasteiger partial charge in [0.15, 0.2) is 18.7 Å². The van der Waals surface area contributed by atoms with Crippen molar-refractivity contribution in [3.05, 3.63) is 12.2 Å². The van der Waals surface area contributed by atoms with Gasteiger partial charge in [0, 0.05) is 33.3 Å². The van der Waals surface area contributed by atoms with E-state index in [2.05, 4.69) is 0 Å². The first-order valence-electron chi connectivity index (χ1n) is 20.8. The summed E-state index contributed by atoms with van der Waals surface area (Å²) in [4.78, 5) is 42.2. The topological polar surface area (TPSA) is 192 Å².